The SMILES string of the molecule is Cc1nc2c3cc(C4CCS(=O)(=O)CC4)c(=O)n(c3n1)CCCC/C=C\CN1CCC(CC1)C(F)(F)c1cccc(c1)[C@@H](C)N2. The van der Waals surface area contributed by atoms with Crippen LogP contribution in [-0.2, 0) is 22.3 Å². The molecule has 0 saturated carbocycles. The van der Waals surface area contributed by atoms with E-state index in [-0.39, 0.29) is 34.6 Å². The van der Waals surface area contributed by atoms with Crippen molar-refractivity contribution >= 4 is 26.7 Å². The molecule has 1 atom stereocenters. The minimum Gasteiger partial charge on any atom is -0.363 e. The van der Waals surface area contributed by atoms with Crippen LogP contribution in [0.15, 0.2) is 47.3 Å². The molecule has 242 valence electrons. The molecule has 1 N–H and O–H groups in total. The van der Waals surface area contributed by atoms with Gasteiger partial charge >= 0.3 is 0 Å². The van der Waals surface area contributed by atoms with Gasteiger partial charge in [-0.25, -0.2) is 27.2 Å². The number of benzene rings is 1. The predicted octanol–water partition coefficient (Wildman–Crippen LogP) is 6.11. The first-order chi connectivity index (χ1) is 21.5. The maximum absolute atomic E-state index is 15.9. The standard InChI is InChI=1S/C34H43F2N5O3S/c1-23-26-9-8-10-28(21-26)34(35,36)27-11-17-40(18-12-27)15-6-4-3-5-7-16-41-32-30(31(37-23)38-24(2)39-32)22-29(33(41)42)25-13-19-45(43,44)20-14-25/h4,6,8-10,21-23,25,27H,3,5,7,11-20H2,1-2H3,(H,37,38,39)/b6-4-/t23-/m1/s1. The zero-order chi connectivity index (χ0) is 31.8. The normalized spacial score (nSPS) is 26.6. The van der Waals surface area contributed by atoms with Gasteiger partial charge in [-0.1, -0.05) is 30.4 Å². The van der Waals surface area contributed by atoms with Crippen LogP contribution in [0.5, 0.6) is 0 Å². The van der Waals surface area contributed by atoms with Gasteiger partial charge in [0.1, 0.15) is 27.1 Å². The third-order valence-corrected chi connectivity index (χ3v) is 11.6. The van der Waals surface area contributed by atoms with Gasteiger partial charge in [-0.2, -0.15) is 0 Å². The molecule has 8 bridgehead atoms. The summed E-state index contributed by atoms with van der Waals surface area (Å²) >= 11 is 0. The van der Waals surface area contributed by atoms with Gasteiger partial charge in [0.25, 0.3) is 11.5 Å². The molecule has 0 amide bonds. The fourth-order valence-electron chi connectivity index (χ4n) is 7.08. The molecule has 4 aliphatic rings. The number of sulfone groups is 1. The lowest BCUT2D eigenvalue weighted by Crippen LogP contribution is -2.39. The van der Waals surface area contributed by atoms with E-state index in [0.29, 0.717) is 73.6 Å². The first-order valence-electron chi connectivity index (χ1n) is 16.3. The maximum atomic E-state index is 15.9. The van der Waals surface area contributed by atoms with Crippen molar-refractivity contribution in [3.8, 4) is 0 Å². The van der Waals surface area contributed by atoms with Gasteiger partial charge in [0.15, 0.2) is 0 Å². The predicted molar refractivity (Wildman–Crippen MR) is 174 cm³/mol. The van der Waals surface area contributed by atoms with Crippen molar-refractivity contribution in [2.45, 2.75) is 83.2 Å². The molecule has 0 spiro atoms. The van der Waals surface area contributed by atoms with Gasteiger partial charge in [0, 0.05) is 36.2 Å². The smallest absolute Gasteiger partial charge is 0.276 e. The van der Waals surface area contributed by atoms with E-state index in [1.165, 1.54) is 6.07 Å². The molecule has 0 aliphatic carbocycles. The van der Waals surface area contributed by atoms with Crippen LogP contribution in [0.2, 0.25) is 0 Å². The Bertz CT molecular complexity index is 1730. The van der Waals surface area contributed by atoms with E-state index < -0.39 is 21.7 Å². The van der Waals surface area contributed by atoms with Gasteiger partial charge in [0.05, 0.1) is 16.9 Å². The number of rotatable bonds is 1. The summed E-state index contributed by atoms with van der Waals surface area (Å²) in [4.78, 5) is 25.7. The van der Waals surface area contributed by atoms with Crippen molar-refractivity contribution in [2.24, 2.45) is 5.92 Å². The molecule has 7 rings (SSSR count). The van der Waals surface area contributed by atoms with Crippen molar-refractivity contribution in [1.82, 2.24) is 19.4 Å². The Morgan fingerprint density at radius 3 is 2.49 bits per heavy atom. The Kier molecular flexibility index (Phi) is 9.12. The minimum absolute atomic E-state index is 0.0324. The number of aromatic nitrogens is 3. The highest BCUT2D eigenvalue weighted by molar-refractivity contribution is 7.91. The van der Waals surface area contributed by atoms with Crippen molar-refractivity contribution in [3.63, 3.8) is 0 Å². The van der Waals surface area contributed by atoms with Crippen LogP contribution in [0.1, 0.15) is 86.3 Å². The van der Waals surface area contributed by atoms with Gasteiger partial charge in [-0.05, 0) is 95.5 Å². The molecule has 8 nitrogen and oxygen atoms in total. The molecule has 3 aromatic rings. The van der Waals surface area contributed by atoms with Gasteiger partial charge in [-0.3, -0.25) is 14.3 Å². The van der Waals surface area contributed by atoms with Crippen LogP contribution in [0.3, 0.4) is 0 Å². The Labute approximate surface area is 263 Å². The Hall–Kier alpha value is -3.18. The number of fused-ring (bicyclic) bond motifs is 8. The lowest BCUT2D eigenvalue weighted by molar-refractivity contribution is -0.0847. The molecule has 45 heavy (non-hydrogen) atoms. The number of piperidine rings is 1. The summed E-state index contributed by atoms with van der Waals surface area (Å²) in [7, 11) is -3.10. The van der Waals surface area contributed by atoms with Crippen LogP contribution in [-0.4, -0.2) is 59.0 Å². The van der Waals surface area contributed by atoms with Crippen molar-refractivity contribution in [3.05, 3.63) is 75.4 Å². The van der Waals surface area contributed by atoms with E-state index >= 15 is 8.78 Å². The number of anilines is 1. The number of aryl methyl sites for hydroxylation is 2. The number of nitrogens with one attached hydrogen (secondary N) is 1. The Balaban J connectivity index is 1.43. The number of halogens is 2. The highest BCUT2D eigenvalue weighted by Crippen LogP contribution is 2.42. The quantitative estimate of drug-likeness (QED) is 0.321. The summed E-state index contributed by atoms with van der Waals surface area (Å²) in [5, 5.41) is 4.13. The monoisotopic (exact) mass is 639 g/mol. The molecule has 1 aromatic carbocycles. The lowest BCUT2D eigenvalue weighted by atomic mass is 9.85. The summed E-state index contributed by atoms with van der Waals surface area (Å²) in [6.45, 7) is 6.24. The van der Waals surface area contributed by atoms with E-state index in [1.54, 1.807) is 23.6 Å². The highest BCUT2D eigenvalue weighted by atomic mass is 32.2. The summed E-state index contributed by atoms with van der Waals surface area (Å²) in [5.74, 6) is -2.67. The molecular formula is C34H43F2N5O3S. The van der Waals surface area contributed by atoms with Crippen LogP contribution in [0, 0.1) is 12.8 Å². The number of hydrogen-bond acceptors (Lipinski definition) is 7. The van der Waals surface area contributed by atoms with Crippen molar-refractivity contribution < 1.29 is 17.2 Å². The second-order valence-corrected chi connectivity index (χ2v) is 15.3. The molecule has 2 fully saturated rings. The Morgan fingerprint density at radius 2 is 1.73 bits per heavy atom. The molecule has 0 unspecified atom stereocenters. The zero-order valence-electron chi connectivity index (χ0n) is 26.1. The number of nitrogens with zero attached hydrogens (tertiary/aromatic N) is 4. The van der Waals surface area contributed by atoms with Gasteiger partial charge < -0.3 is 5.32 Å². The first kappa shape index (κ1) is 31.8. The third-order valence-electron chi connectivity index (χ3n) is 9.84. The van der Waals surface area contributed by atoms with Gasteiger partial charge in [0.2, 0.25) is 0 Å². The topological polar surface area (TPSA) is 97.2 Å². The third kappa shape index (κ3) is 6.84. The minimum atomic E-state index is -3.10. The molecular weight excluding hydrogens is 596 g/mol. The maximum Gasteiger partial charge on any atom is 0.276 e. The first-order valence-corrected chi connectivity index (χ1v) is 18.1. The molecule has 2 aromatic heterocycles. The highest BCUT2D eigenvalue weighted by Gasteiger charge is 2.42. The Morgan fingerprint density at radius 1 is 0.978 bits per heavy atom. The van der Waals surface area contributed by atoms with Gasteiger partial charge in [-0.15, -0.1) is 0 Å². The second-order valence-electron chi connectivity index (χ2n) is 13.0. The molecule has 11 heteroatoms. The van der Waals surface area contributed by atoms with E-state index in [2.05, 4.69) is 22.4 Å². The number of alkyl halides is 2. The summed E-state index contributed by atoms with van der Waals surface area (Å²) < 4.78 is 57.8. The van der Waals surface area contributed by atoms with Crippen LogP contribution < -0.4 is 10.9 Å². The van der Waals surface area contributed by atoms with Crippen molar-refractivity contribution in [2.75, 3.05) is 36.5 Å². The second kappa shape index (κ2) is 12.9. The number of hydrogen-bond donors (Lipinski definition) is 1. The van der Waals surface area contributed by atoms with Crippen LogP contribution >= 0.6 is 0 Å². The summed E-state index contributed by atoms with van der Waals surface area (Å²) in [6.07, 6.45) is 8.49. The van der Waals surface area contributed by atoms with E-state index in [0.717, 1.165) is 31.4 Å². The zero-order valence-corrected chi connectivity index (χ0v) is 27.0. The van der Waals surface area contributed by atoms with E-state index in [4.69, 9.17) is 9.97 Å². The van der Waals surface area contributed by atoms with Crippen LogP contribution in [0.25, 0.3) is 11.0 Å². The van der Waals surface area contributed by atoms with E-state index in [9.17, 15) is 13.2 Å². The number of pyridine rings is 1. The fraction of sp³-hybridized carbons (Fsp3) is 0.559. The summed E-state index contributed by atoms with van der Waals surface area (Å²) in [6, 6.07) is 8.16. The number of allylic oxidation sites excluding steroid dienone is 1. The molecule has 4 aliphatic heterocycles. The molecule has 6 heterocycles. The fourth-order valence-corrected chi connectivity index (χ4v) is 8.57. The van der Waals surface area contributed by atoms with Crippen molar-refractivity contribution in [1.29, 1.82) is 0 Å². The molecule has 2 saturated heterocycles. The average Bonchev–Trinajstić information content (AvgIpc) is 3.01. The van der Waals surface area contributed by atoms with Crippen LogP contribution in [0.4, 0.5) is 14.6 Å². The van der Waals surface area contributed by atoms with E-state index in [1.807, 2.05) is 19.1 Å². The average molecular weight is 640 g/mol. The summed E-state index contributed by atoms with van der Waals surface area (Å²) in [5.41, 5.74) is 1.74. The lowest BCUT2D eigenvalue weighted by Gasteiger charge is -2.35. The largest absolute Gasteiger partial charge is 0.363 e. The molecule has 0 radical (unpaired) electrons.